The second kappa shape index (κ2) is 7.13. The first-order chi connectivity index (χ1) is 12.6. The standard InChI is InChI=1S/C20H21N3O2S/c1-14(15-6-4-8-17(12-15)23(24)25)22-11-5-7-16(13-22)20-21-18-9-2-3-10-19(18)26-20/h2-4,6,8-10,12,14,16H,5,7,11,13H2,1H3/t14-,16-/m0/s1. The van der Waals surface area contributed by atoms with Gasteiger partial charge in [-0.2, -0.15) is 0 Å². The molecular weight excluding hydrogens is 346 g/mol. The number of benzene rings is 2. The Balaban J connectivity index is 1.54. The Morgan fingerprint density at radius 2 is 2.12 bits per heavy atom. The fraction of sp³-hybridized carbons (Fsp3) is 0.350. The fourth-order valence-corrected chi connectivity index (χ4v) is 4.83. The van der Waals surface area contributed by atoms with Gasteiger partial charge in [0.05, 0.1) is 20.1 Å². The first-order valence-electron chi connectivity index (χ1n) is 8.95. The third kappa shape index (κ3) is 3.34. The summed E-state index contributed by atoms with van der Waals surface area (Å²) in [7, 11) is 0. The van der Waals surface area contributed by atoms with E-state index in [-0.39, 0.29) is 16.7 Å². The highest BCUT2D eigenvalue weighted by Crippen LogP contribution is 2.36. The van der Waals surface area contributed by atoms with Gasteiger partial charge >= 0.3 is 0 Å². The Bertz CT molecular complexity index is 906. The molecule has 1 saturated heterocycles. The third-order valence-electron chi connectivity index (χ3n) is 5.22. The zero-order valence-electron chi connectivity index (χ0n) is 14.7. The summed E-state index contributed by atoms with van der Waals surface area (Å²) in [6.07, 6.45) is 2.28. The highest BCUT2D eigenvalue weighted by Gasteiger charge is 2.27. The molecule has 0 aliphatic carbocycles. The molecule has 0 spiro atoms. The molecule has 1 fully saturated rings. The number of nitro benzene ring substituents is 1. The predicted octanol–water partition coefficient (Wildman–Crippen LogP) is 5.15. The van der Waals surface area contributed by atoms with Gasteiger partial charge in [0, 0.05) is 30.6 Å². The molecule has 2 aromatic carbocycles. The zero-order valence-corrected chi connectivity index (χ0v) is 15.5. The Morgan fingerprint density at radius 1 is 1.27 bits per heavy atom. The van der Waals surface area contributed by atoms with E-state index in [2.05, 4.69) is 30.0 Å². The molecule has 0 unspecified atom stereocenters. The molecule has 0 bridgehead atoms. The lowest BCUT2D eigenvalue weighted by Crippen LogP contribution is -2.36. The number of nitro groups is 1. The number of fused-ring (bicyclic) bond motifs is 1. The molecule has 1 aliphatic heterocycles. The Labute approximate surface area is 156 Å². The molecule has 0 N–H and O–H groups in total. The van der Waals surface area contributed by atoms with Gasteiger partial charge in [0.25, 0.3) is 5.69 Å². The number of rotatable bonds is 4. The first-order valence-corrected chi connectivity index (χ1v) is 9.77. The number of hydrogen-bond acceptors (Lipinski definition) is 5. The Hall–Kier alpha value is -2.31. The van der Waals surface area contributed by atoms with E-state index in [0.717, 1.165) is 37.0 Å². The Morgan fingerprint density at radius 3 is 2.92 bits per heavy atom. The molecule has 5 nitrogen and oxygen atoms in total. The van der Waals surface area contributed by atoms with Gasteiger partial charge in [0.2, 0.25) is 0 Å². The summed E-state index contributed by atoms with van der Waals surface area (Å²) < 4.78 is 1.24. The van der Waals surface area contributed by atoms with Crippen LogP contribution in [0.4, 0.5) is 5.69 Å². The van der Waals surface area contributed by atoms with Gasteiger partial charge in [-0.25, -0.2) is 4.98 Å². The smallest absolute Gasteiger partial charge is 0.269 e. The van der Waals surface area contributed by atoms with Crippen LogP contribution in [0.25, 0.3) is 10.2 Å². The summed E-state index contributed by atoms with van der Waals surface area (Å²) in [5.74, 6) is 0.433. The molecule has 0 amide bonds. The van der Waals surface area contributed by atoms with Crippen LogP contribution in [0.5, 0.6) is 0 Å². The van der Waals surface area contributed by atoms with Crippen molar-refractivity contribution in [1.29, 1.82) is 0 Å². The number of nitrogens with zero attached hydrogens (tertiary/aromatic N) is 3. The van der Waals surface area contributed by atoms with Crippen molar-refractivity contribution in [2.45, 2.75) is 31.7 Å². The number of non-ortho nitro benzene ring substituents is 1. The van der Waals surface area contributed by atoms with E-state index < -0.39 is 0 Å². The number of hydrogen-bond donors (Lipinski definition) is 0. The van der Waals surface area contributed by atoms with E-state index in [9.17, 15) is 10.1 Å². The first kappa shape index (κ1) is 17.1. The molecule has 0 saturated carbocycles. The highest BCUT2D eigenvalue weighted by molar-refractivity contribution is 7.18. The SMILES string of the molecule is C[C@@H](c1cccc([N+](=O)[O-])c1)N1CCC[C@H](c2nc3ccccc3s2)C1. The Kier molecular flexibility index (Phi) is 4.70. The molecule has 1 aromatic heterocycles. The summed E-state index contributed by atoms with van der Waals surface area (Å²) in [5.41, 5.74) is 2.24. The lowest BCUT2D eigenvalue weighted by Gasteiger charge is -2.36. The maximum Gasteiger partial charge on any atom is 0.269 e. The average molecular weight is 367 g/mol. The quantitative estimate of drug-likeness (QED) is 0.473. The predicted molar refractivity (Wildman–Crippen MR) is 105 cm³/mol. The van der Waals surface area contributed by atoms with Crippen LogP contribution in [0.15, 0.2) is 48.5 Å². The fourth-order valence-electron chi connectivity index (χ4n) is 3.73. The number of para-hydroxylation sites is 1. The van der Waals surface area contributed by atoms with Crippen LogP contribution < -0.4 is 0 Å². The average Bonchev–Trinajstić information content (AvgIpc) is 3.12. The van der Waals surface area contributed by atoms with E-state index in [1.54, 1.807) is 29.5 Å². The topological polar surface area (TPSA) is 59.3 Å². The molecule has 134 valence electrons. The van der Waals surface area contributed by atoms with Crippen LogP contribution in [0.3, 0.4) is 0 Å². The minimum atomic E-state index is -0.323. The monoisotopic (exact) mass is 367 g/mol. The maximum absolute atomic E-state index is 11.1. The molecule has 4 rings (SSSR count). The van der Waals surface area contributed by atoms with Crippen molar-refractivity contribution in [3.05, 3.63) is 69.2 Å². The van der Waals surface area contributed by atoms with Crippen molar-refractivity contribution < 1.29 is 4.92 Å². The lowest BCUT2D eigenvalue weighted by molar-refractivity contribution is -0.385. The molecule has 1 aliphatic rings. The molecule has 2 atom stereocenters. The van der Waals surface area contributed by atoms with Crippen LogP contribution in [0, 0.1) is 10.1 Å². The number of likely N-dealkylation sites (tertiary alicyclic amines) is 1. The van der Waals surface area contributed by atoms with Gasteiger partial charge < -0.3 is 0 Å². The van der Waals surface area contributed by atoms with Crippen molar-refractivity contribution in [2.24, 2.45) is 0 Å². The summed E-state index contributed by atoms with van der Waals surface area (Å²) in [5, 5.41) is 12.3. The summed E-state index contributed by atoms with van der Waals surface area (Å²) >= 11 is 1.79. The summed E-state index contributed by atoms with van der Waals surface area (Å²) in [4.78, 5) is 18.0. The second-order valence-electron chi connectivity index (χ2n) is 6.88. The van der Waals surface area contributed by atoms with E-state index in [4.69, 9.17) is 4.98 Å². The van der Waals surface area contributed by atoms with Gasteiger partial charge in [-0.05, 0) is 44.0 Å². The normalized spacial score (nSPS) is 19.5. The van der Waals surface area contributed by atoms with E-state index in [1.807, 2.05) is 12.1 Å². The van der Waals surface area contributed by atoms with Crippen LogP contribution in [-0.2, 0) is 0 Å². The van der Waals surface area contributed by atoms with Gasteiger partial charge in [-0.15, -0.1) is 11.3 Å². The molecule has 2 heterocycles. The third-order valence-corrected chi connectivity index (χ3v) is 6.42. The van der Waals surface area contributed by atoms with Crippen molar-refractivity contribution in [2.75, 3.05) is 13.1 Å². The van der Waals surface area contributed by atoms with Crippen molar-refractivity contribution >= 4 is 27.2 Å². The lowest BCUT2D eigenvalue weighted by atomic mass is 9.95. The van der Waals surface area contributed by atoms with Crippen LogP contribution in [0.2, 0.25) is 0 Å². The number of thiazole rings is 1. The minimum Gasteiger partial charge on any atom is -0.296 e. The van der Waals surface area contributed by atoms with Gasteiger partial charge in [0.15, 0.2) is 0 Å². The van der Waals surface area contributed by atoms with Gasteiger partial charge in [-0.1, -0.05) is 24.3 Å². The molecule has 0 radical (unpaired) electrons. The number of aromatic nitrogens is 1. The molecule has 6 heteroatoms. The van der Waals surface area contributed by atoms with Gasteiger partial charge in [-0.3, -0.25) is 15.0 Å². The molecular formula is C20H21N3O2S. The van der Waals surface area contributed by atoms with Crippen LogP contribution in [-0.4, -0.2) is 27.9 Å². The summed E-state index contributed by atoms with van der Waals surface area (Å²) in [6, 6.07) is 15.5. The maximum atomic E-state index is 11.1. The molecule has 26 heavy (non-hydrogen) atoms. The van der Waals surface area contributed by atoms with E-state index in [0.29, 0.717) is 5.92 Å². The van der Waals surface area contributed by atoms with E-state index >= 15 is 0 Å². The zero-order chi connectivity index (χ0) is 18.1. The van der Waals surface area contributed by atoms with Crippen LogP contribution >= 0.6 is 11.3 Å². The van der Waals surface area contributed by atoms with Gasteiger partial charge in [0.1, 0.15) is 0 Å². The van der Waals surface area contributed by atoms with Crippen molar-refractivity contribution in [1.82, 2.24) is 9.88 Å². The number of piperidine rings is 1. The second-order valence-corrected chi connectivity index (χ2v) is 7.94. The van der Waals surface area contributed by atoms with E-state index in [1.165, 1.54) is 9.71 Å². The van der Waals surface area contributed by atoms with Crippen molar-refractivity contribution in [3.63, 3.8) is 0 Å². The van der Waals surface area contributed by atoms with Crippen molar-refractivity contribution in [3.8, 4) is 0 Å². The highest BCUT2D eigenvalue weighted by atomic mass is 32.1. The minimum absolute atomic E-state index is 0.159. The molecule has 3 aromatic rings. The van der Waals surface area contributed by atoms with Crippen LogP contribution in [0.1, 0.15) is 42.3 Å². The summed E-state index contributed by atoms with van der Waals surface area (Å²) in [6.45, 7) is 4.11. The largest absolute Gasteiger partial charge is 0.296 e.